The Morgan fingerprint density at radius 3 is 3.11 bits per heavy atom. The molecule has 0 amide bonds. The predicted octanol–water partition coefficient (Wildman–Crippen LogP) is 0.959. The van der Waals surface area contributed by atoms with Gasteiger partial charge in [-0.05, 0) is 12.4 Å². The lowest BCUT2D eigenvalue weighted by molar-refractivity contribution is -0.673. The summed E-state index contributed by atoms with van der Waals surface area (Å²) >= 11 is 0. The maximum absolute atomic E-state index is 13.0. The molecule has 0 aliphatic heterocycles. The van der Waals surface area contributed by atoms with E-state index in [-0.39, 0.29) is 5.56 Å². The zero-order valence-corrected chi connectivity index (χ0v) is 5.06. The fourth-order valence-electron chi connectivity index (χ4n) is 0.563. The fourth-order valence-corrected chi connectivity index (χ4v) is 0.563. The molecule has 1 aromatic rings. The third kappa shape index (κ3) is 1.25. The third-order valence-electron chi connectivity index (χ3n) is 1.05. The Labute approximate surface area is 58.0 Å². The van der Waals surface area contributed by atoms with Gasteiger partial charge in [0.15, 0.2) is 12.0 Å². The Balaban J connectivity index is 3.19. The Morgan fingerprint density at radius 1 is 1.78 bits per heavy atom. The average molecular weight is 129 g/mol. The van der Waals surface area contributed by atoms with Crippen LogP contribution in [0.15, 0.2) is 18.5 Å². The van der Waals surface area contributed by atoms with Crippen molar-refractivity contribution in [3.05, 3.63) is 29.8 Å². The summed E-state index contributed by atoms with van der Waals surface area (Å²) in [7, 11) is 1.63. The number of nitrogens with zero attached hydrogens (tertiary/aromatic N) is 1. The van der Waals surface area contributed by atoms with Crippen molar-refractivity contribution in [1.82, 2.24) is 0 Å². The molecule has 0 radical (unpaired) electrons. The Kier molecular flexibility index (Phi) is 0.781. The smallest absolute Gasteiger partial charge is 0.204 e. The summed E-state index contributed by atoms with van der Waals surface area (Å²) in [5.74, 6) is -0.694. The van der Waals surface area contributed by atoms with Gasteiger partial charge < -0.3 is 0 Å². The van der Waals surface area contributed by atoms with Crippen LogP contribution >= 0.6 is 0 Å². The normalized spacial score (nSPS) is 16.0. The van der Waals surface area contributed by atoms with Crippen molar-refractivity contribution in [3.63, 3.8) is 0 Å². The molecule has 0 aliphatic rings. The molecule has 1 nitrogen and oxygen atoms in total. The molecular weight excluding hydrogens is 117 g/mol. The first kappa shape index (κ1) is 3.30. The molecule has 0 bridgehead atoms. The molecule has 0 saturated heterocycles. The summed E-state index contributed by atoms with van der Waals surface area (Å²) in [6.07, 6.45) is 2.65. The van der Waals surface area contributed by atoms with Gasteiger partial charge in [0.25, 0.3) is 0 Å². The molecule has 1 aromatic heterocycles. The van der Waals surface area contributed by atoms with Crippen LogP contribution in [0.25, 0.3) is 0 Å². The molecular formula is C7H9FN+. The van der Waals surface area contributed by atoms with Gasteiger partial charge in [-0.3, -0.25) is 0 Å². The van der Waals surface area contributed by atoms with E-state index in [0.717, 1.165) is 6.20 Å². The Hall–Kier alpha value is -0.920. The number of rotatable bonds is 0. The topological polar surface area (TPSA) is 3.88 Å². The van der Waals surface area contributed by atoms with Gasteiger partial charge in [-0.1, -0.05) is 0 Å². The summed E-state index contributed by atoms with van der Waals surface area (Å²) in [6.45, 7) is -2.36. The molecule has 0 atom stereocenters. The quantitative estimate of drug-likeness (QED) is 0.459. The standard InChI is InChI=1S/C7H9FN/c1-6-3-4-9(2)5-7(6)8/h3-5H,1-2H3/q+1/i1D3. The lowest BCUT2D eigenvalue weighted by Crippen LogP contribution is -2.27. The zero-order valence-electron chi connectivity index (χ0n) is 8.06. The van der Waals surface area contributed by atoms with Crippen LogP contribution in [0, 0.1) is 12.7 Å². The highest BCUT2D eigenvalue weighted by Crippen LogP contribution is 1.98. The first-order chi connectivity index (χ1) is 5.41. The minimum absolute atomic E-state index is 0.236. The van der Waals surface area contributed by atoms with Gasteiger partial charge in [0.05, 0.1) is 0 Å². The van der Waals surface area contributed by atoms with E-state index in [1.54, 1.807) is 7.05 Å². The average Bonchev–Trinajstić information content (AvgIpc) is 1.83. The highest BCUT2D eigenvalue weighted by molar-refractivity contribution is 5.06. The van der Waals surface area contributed by atoms with Crippen molar-refractivity contribution in [2.24, 2.45) is 7.05 Å². The van der Waals surface area contributed by atoms with Crippen molar-refractivity contribution >= 4 is 0 Å². The van der Waals surface area contributed by atoms with Gasteiger partial charge in [-0.2, -0.15) is 0 Å². The van der Waals surface area contributed by atoms with Crippen LogP contribution in [-0.2, 0) is 7.05 Å². The van der Waals surface area contributed by atoms with Crippen molar-refractivity contribution in [2.75, 3.05) is 0 Å². The van der Waals surface area contributed by atoms with Crippen LogP contribution in [0.3, 0.4) is 0 Å². The number of aromatic nitrogens is 1. The Bertz CT molecular complexity index is 295. The van der Waals surface area contributed by atoms with E-state index in [1.165, 1.54) is 16.8 Å². The fraction of sp³-hybridized carbons (Fsp3) is 0.286. The molecule has 1 heterocycles. The molecule has 0 aliphatic carbocycles. The van der Waals surface area contributed by atoms with Crippen molar-refractivity contribution < 1.29 is 13.1 Å². The molecule has 0 saturated carbocycles. The highest BCUT2D eigenvalue weighted by atomic mass is 19.1. The number of aryl methyl sites for hydroxylation is 2. The summed E-state index contributed by atoms with van der Waals surface area (Å²) in [5, 5.41) is 0. The molecule has 0 N–H and O–H groups in total. The van der Waals surface area contributed by atoms with E-state index < -0.39 is 12.7 Å². The first-order valence-corrected chi connectivity index (χ1v) is 2.56. The second-order valence-electron chi connectivity index (χ2n) is 1.87. The van der Waals surface area contributed by atoms with Crippen LogP contribution < -0.4 is 4.57 Å². The van der Waals surface area contributed by atoms with Gasteiger partial charge >= 0.3 is 0 Å². The molecule has 0 spiro atoms. The molecule has 2 heteroatoms. The van der Waals surface area contributed by atoms with Crippen LogP contribution in [-0.4, -0.2) is 0 Å². The molecule has 0 fully saturated rings. The number of pyridine rings is 1. The van der Waals surface area contributed by atoms with Crippen molar-refractivity contribution in [1.29, 1.82) is 0 Å². The van der Waals surface area contributed by atoms with Gasteiger partial charge in [0.2, 0.25) is 6.20 Å². The monoisotopic (exact) mass is 129 g/mol. The summed E-state index contributed by atoms with van der Waals surface area (Å²) in [4.78, 5) is 0. The van der Waals surface area contributed by atoms with Crippen LogP contribution in [0.2, 0.25) is 0 Å². The van der Waals surface area contributed by atoms with Crippen LogP contribution in [0.4, 0.5) is 4.39 Å². The second kappa shape index (κ2) is 2.13. The lowest BCUT2D eigenvalue weighted by atomic mass is 10.3. The number of hydrogen-bond acceptors (Lipinski definition) is 0. The third-order valence-corrected chi connectivity index (χ3v) is 1.05. The van der Waals surface area contributed by atoms with Crippen LogP contribution in [0.5, 0.6) is 0 Å². The van der Waals surface area contributed by atoms with E-state index >= 15 is 0 Å². The highest BCUT2D eigenvalue weighted by Gasteiger charge is 1.99. The first-order valence-electron chi connectivity index (χ1n) is 4.06. The molecule has 0 aromatic carbocycles. The largest absolute Gasteiger partial charge is 0.205 e. The zero-order chi connectivity index (χ0) is 9.35. The SMILES string of the molecule is [2H]C([2H])([2H])c1cc[n+](C)cc1F. The van der Waals surface area contributed by atoms with E-state index in [2.05, 4.69) is 0 Å². The summed E-state index contributed by atoms with van der Waals surface area (Å²) in [6, 6.07) is 1.27. The second-order valence-corrected chi connectivity index (χ2v) is 1.87. The van der Waals surface area contributed by atoms with Crippen LogP contribution in [0.1, 0.15) is 9.68 Å². The van der Waals surface area contributed by atoms with Crippen molar-refractivity contribution in [2.45, 2.75) is 6.85 Å². The Morgan fingerprint density at radius 2 is 2.56 bits per heavy atom. The number of halogens is 1. The van der Waals surface area contributed by atoms with Gasteiger partial charge in [0, 0.05) is 10.2 Å². The van der Waals surface area contributed by atoms with Crippen molar-refractivity contribution in [3.8, 4) is 0 Å². The van der Waals surface area contributed by atoms with E-state index in [1.807, 2.05) is 0 Å². The van der Waals surface area contributed by atoms with E-state index in [0.29, 0.717) is 0 Å². The van der Waals surface area contributed by atoms with E-state index in [9.17, 15) is 4.39 Å². The minimum Gasteiger partial charge on any atom is -0.205 e. The summed E-state index contributed by atoms with van der Waals surface area (Å²) < 4.78 is 35.3. The van der Waals surface area contributed by atoms with Gasteiger partial charge in [-0.15, -0.1) is 0 Å². The molecule has 48 valence electrons. The maximum Gasteiger partial charge on any atom is 0.204 e. The predicted molar refractivity (Wildman–Crippen MR) is 32.3 cm³/mol. The molecule has 1 rings (SSSR count). The lowest BCUT2D eigenvalue weighted by Gasteiger charge is -1.89. The molecule has 0 unspecified atom stereocenters. The van der Waals surface area contributed by atoms with Gasteiger partial charge in [0.1, 0.15) is 7.05 Å². The van der Waals surface area contributed by atoms with E-state index in [4.69, 9.17) is 4.11 Å². The summed E-state index contributed by atoms with van der Waals surface area (Å²) in [5.41, 5.74) is -0.236. The minimum atomic E-state index is -2.36. The van der Waals surface area contributed by atoms with Gasteiger partial charge in [-0.25, -0.2) is 8.96 Å². The number of hydrogen-bond donors (Lipinski definition) is 0. The molecule has 9 heavy (non-hydrogen) atoms. The maximum atomic E-state index is 13.0.